The van der Waals surface area contributed by atoms with Crippen LogP contribution in [0.5, 0.6) is 0 Å². The van der Waals surface area contributed by atoms with E-state index < -0.39 is 17.0 Å². The van der Waals surface area contributed by atoms with Gasteiger partial charge in [-0.1, -0.05) is 19.1 Å². The first-order valence-electron chi connectivity index (χ1n) is 5.16. The maximum atomic E-state index is 10.9. The molecule has 16 heavy (non-hydrogen) atoms. The molecule has 0 spiro atoms. The summed E-state index contributed by atoms with van der Waals surface area (Å²) in [5.74, 6) is 0.238. The van der Waals surface area contributed by atoms with E-state index >= 15 is 0 Å². The molecule has 3 N–H and O–H groups in total. The Labute approximate surface area is 118 Å². The van der Waals surface area contributed by atoms with Gasteiger partial charge in [0.25, 0.3) is 0 Å². The Morgan fingerprint density at radius 3 is 2.19 bits per heavy atom. The standard InChI is InChI=1S/C8H18N2O3S.2Al.4H/c1-6(2)4-10(14(12)13)5-8(11)7(3)9;;;;;;/h6-8,11H,3-5,9H2,1-2H3;;;;;;/q-1;;+1;;;;. The van der Waals surface area contributed by atoms with Crippen LogP contribution < -0.4 is 5.73 Å². The monoisotopic (exact) mass is 280 g/mol. The van der Waals surface area contributed by atoms with E-state index in [9.17, 15) is 13.5 Å². The molecule has 0 saturated carbocycles. The van der Waals surface area contributed by atoms with Crippen molar-refractivity contribution in [3.63, 3.8) is 0 Å². The summed E-state index contributed by atoms with van der Waals surface area (Å²) in [7, 11) is -2.28. The van der Waals surface area contributed by atoms with Crippen molar-refractivity contribution < 1.29 is 13.5 Å². The van der Waals surface area contributed by atoms with E-state index in [4.69, 9.17) is 5.73 Å². The number of aliphatic hydroxyl groups excluding tert-OH is 1. The molecule has 2 atom stereocenters. The summed E-state index contributed by atoms with van der Waals surface area (Å²) in [4.78, 5) is 0. The second kappa shape index (κ2) is 9.88. The Morgan fingerprint density at radius 2 is 1.88 bits per heavy atom. The van der Waals surface area contributed by atoms with E-state index in [0.717, 1.165) is 21.6 Å². The fourth-order valence-electron chi connectivity index (χ4n) is 1.22. The molecule has 0 aliphatic rings. The molecule has 0 aliphatic carbocycles. The van der Waals surface area contributed by atoms with E-state index in [2.05, 4.69) is 0 Å². The summed E-state index contributed by atoms with van der Waals surface area (Å²) in [6, 6.07) is -0.310. The van der Waals surface area contributed by atoms with E-state index in [1.54, 1.807) is 0 Å². The van der Waals surface area contributed by atoms with Gasteiger partial charge in [0.2, 0.25) is 16.3 Å². The second-order valence-electron chi connectivity index (χ2n) is 4.10. The zero-order valence-electron chi connectivity index (χ0n) is 10.5. The molecule has 2 unspecified atom stereocenters. The molecule has 0 heterocycles. The van der Waals surface area contributed by atoms with Crippen LogP contribution in [0.3, 0.4) is 0 Å². The molecule has 0 amide bonds. The van der Waals surface area contributed by atoms with E-state index in [1.807, 2.05) is 13.8 Å². The van der Waals surface area contributed by atoms with Crippen molar-refractivity contribution in [2.24, 2.45) is 11.7 Å². The molecule has 0 bridgehead atoms. The van der Waals surface area contributed by atoms with Gasteiger partial charge in [-0.25, -0.2) is 0 Å². The molecule has 0 saturated heterocycles. The minimum atomic E-state index is -2.28. The van der Waals surface area contributed by atoms with Gasteiger partial charge in [-0.15, -0.1) is 0 Å². The molecule has 5 nitrogen and oxygen atoms in total. The molecular weight excluding hydrogens is 258 g/mol. The van der Waals surface area contributed by atoms with Gasteiger partial charge >= 0.3 is 17.4 Å². The van der Waals surface area contributed by atoms with Crippen LogP contribution in [0.15, 0.2) is 0 Å². The van der Waals surface area contributed by atoms with Gasteiger partial charge in [0, 0.05) is 12.6 Å². The molecule has 0 aromatic heterocycles. The normalized spacial score (nSPS) is 15.2. The van der Waals surface area contributed by atoms with Gasteiger partial charge in [-0.05, 0) is 23.4 Å². The third-order valence-electron chi connectivity index (χ3n) is 2.14. The van der Waals surface area contributed by atoms with Gasteiger partial charge in [0.15, 0.2) is 0 Å². The van der Waals surface area contributed by atoms with Crippen molar-refractivity contribution in [2.75, 3.05) is 13.1 Å². The topological polar surface area (TPSA) is 83.6 Å². The van der Waals surface area contributed by atoms with Gasteiger partial charge in [0.05, 0.1) is 6.10 Å². The van der Waals surface area contributed by atoms with Crippen LogP contribution in [-0.2, 0) is 19.3 Å². The first-order valence-corrected chi connectivity index (χ1v) is 7.61. The molecule has 0 aliphatic heterocycles. The summed E-state index contributed by atoms with van der Waals surface area (Å²) < 4.78 is 23.0. The number of hydrogen-bond donors (Lipinski definition) is 2. The summed E-state index contributed by atoms with van der Waals surface area (Å²) >= 11 is 0.908. The third-order valence-corrected chi connectivity index (χ3v) is 3.80. The number of hydrogen-bond acceptors (Lipinski definition) is 5. The zero-order chi connectivity index (χ0) is 12.0. The van der Waals surface area contributed by atoms with Gasteiger partial charge < -0.3 is 23.6 Å². The molecular formula is C8H22Al2N2O3S. The Morgan fingerprint density at radius 1 is 1.38 bits per heavy atom. The predicted octanol–water partition coefficient (Wildman–Crippen LogP) is -2.01. The van der Waals surface area contributed by atoms with Crippen LogP contribution in [0.4, 0.5) is 0 Å². The fourth-order valence-corrected chi connectivity index (χ4v) is 2.46. The predicted molar refractivity (Wildman–Crippen MR) is 71.0 cm³/mol. The number of nitrogens with zero attached hydrogens (tertiary/aromatic N) is 1. The molecule has 8 heteroatoms. The molecule has 0 aromatic rings. The van der Waals surface area contributed by atoms with Gasteiger partial charge in [0.1, 0.15) is 0 Å². The van der Waals surface area contributed by atoms with Crippen LogP contribution in [0.2, 0.25) is 5.28 Å². The molecule has 0 fully saturated rings. The maximum absolute atomic E-state index is 10.9. The van der Waals surface area contributed by atoms with Crippen molar-refractivity contribution >= 4 is 44.5 Å². The van der Waals surface area contributed by atoms with Crippen molar-refractivity contribution in [2.45, 2.75) is 31.3 Å². The van der Waals surface area contributed by atoms with Crippen molar-refractivity contribution in [3.05, 3.63) is 0 Å². The van der Waals surface area contributed by atoms with Crippen LogP contribution in [0.1, 0.15) is 13.8 Å². The first kappa shape index (κ1) is 19.2. The summed E-state index contributed by atoms with van der Waals surface area (Å²) in [5, 5.41) is 10.4. The molecule has 0 rings (SSSR count). The van der Waals surface area contributed by atoms with E-state index in [0.29, 0.717) is 6.54 Å². The summed E-state index contributed by atoms with van der Waals surface area (Å²) in [5.41, 5.74) is 5.65. The van der Waals surface area contributed by atoms with Gasteiger partial charge in [-0.3, -0.25) is 0 Å². The van der Waals surface area contributed by atoms with Crippen LogP contribution in [-0.4, -0.2) is 68.3 Å². The molecule has 0 aromatic carbocycles. The van der Waals surface area contributed by atoms with Gasteiger partial charge in [-0.2, -0.15) is 0 Å². The average Bonchev–Trinajstić information content (AvgIpc) is 2.14. The molecule has 0 radical (unpaired) electrons. The minimum absolute atomic E-state index is 0. The third kappa shape index (κ3) is 8.05. The molecule has 94 valence electrons. The van der Waals surface area contributed by atoms with E-state index in [-0.39, 0.29) is 35.9 Å². The van der Waals surface area contributed by atoms with Crippen molar-refractivity contribution in [1.29, 1.82) is 0 Å². The summed E-state index contributed by atoms with van der Waals surface area (Å²) in [6.07, 6.45) is -0.765. The average molecular weight is 280 g/mol. The van der Waals surface area contributed by atoms with Crippen LogP contribution in [0.25, 0.3) is 0 Å². The number of rotatable bonds is 7. The second-order valence-corrected chi connectivity index (χ2v) is 5.86. The Bertz CT molecular complexity index is 243. The number of aliphatic hydroxyl groups is 1. The zero-order valence-corrected chi connectivity index (χ0v) is 15.4. The van der Waals surface area contributed by atoms with Crippen molar-refractivity contribution in [1.82, 2.24) is 4.31 Å². The Hall–Kier alpha value is 0.895. The first-order chi connectivity index (χ1) is 6.88. The fraction of sp³-hybridized carbons (Fsp3) is 1.00. The number of nitrogens with two attached hydrogens (primary N) is 1. The quantitative estimate of drug-likeness (QED) is 0.417. The van der Waals surface area contributed by atoms with Crippen molar-refractivity contribution in [3.8, 4) is 0 Å². The van der Waals surface area contributed by atoms with Crippen LogP contribution in [0, 0.1) is 5.92 Å². The van der Waals surface area contributed by atoms with E-state index in [1.165, 1.54) is 4.31 Å². The summed E-state index contributed by atoms with van der Waals surface area (Å²) in [6.45, 7) is 4.37. The SMILES string of the molecule is CC(C)CN(CC(O)C(N)[CH2][AlH2])[S-](=O)=O.[AlH2+]. The Balaban J connectivity index is 0. The van der Waals surface area contributed by atoms with Crippen LogP contribution >= 0.6 is 0 Å². The Kier molecular flexibility index (Phi) is 11.9.